The molecule has 1 aromatic carbocycles. The Morgan fingerprint density at radius 1 is 1.30 bits per heavy atom. The van der Waals surface area contributed by atoms with Gasteiger partial charge in [-0.05, 0) is 36.3 Å². The van der Waals surface area contributed by atoms with Gasteiger partial charge < -0.3 is 10.6 Å². The fourth-order valence-electron chi connectivity index (χ4n) is 2.25. The monoisotopic (exact) mass is 314 g/mol. The van der Waals surface area contributed by atoms with E-state index in [2.05, 4.69) is 19.1 Å². The lowest BCUT2D eigenvalue weighted by atomic mass is 10.0. The van der Waals surface area contributed by atoms with Crippen molar-refractivity contribution in [2.24, 2.45) is 5.73 Å². The van der Waals surface area contributed by atoms with Crippen molar-refractivity contribution >= 4 is 30.1 Å². The van der Waals surface area contributed by atoms with Crippen LogP contribution in [0.2, 0.25) is 0 Å². The third-order valence-corrected chi connectivity index (χ3v) is 4.45. The van der Waals surface area contributed by atoms with Crippen LogP contribution < -0.4 is 5.73 Å². The number of nitrogens with two attached hydrogens (primary N) is 1. The molecule has 1 heterocycles. The van der Waals surface area contributed by atoms with E-state index in [9.17, 15) is 4.79 Å². The third-order valence-electron chi connectivity index (χ3n) is 3.50. The molecular weight excluding hydrogens is 292 g/mol. The Morgan fingerprint density at radius 2 is 1.90 bits per heavy atom. The predicted octanol–water partition coefficient (Wildman–Crippen LogP) is 2.92. The molecule has 1 aliphatic rings. The first-order valence-electron chi connectivity index (χ1n) is 6.92. The molecule has 2 N–H and O–H groups in total. The number of carbonyl (C=O) groups excluding carboxylic acids is 1. The van der Waals surface area contributed by atoms with Gasteiger partial charge in [0.15, 0.2) is 0 Å². The Morgan fingerprint density at radius 3 is 2.45 bits per heavy atom. The predicted molar refractivity (Wildman–Crippen MR) is 88.6 cm³/mol. The van der Waals surface area contributed by atoms with E-state index < -0.39 is 0 Å². The first-order chi connectivity index (χ1) is 9.20. The van der Waals surface area contributed by atoms with Crippen LogP contribution in [0, 0.1) is 0 Å². The summed E-state index contributed by atoms with van der Waals surface area (Å²) in [4.78, 5) is 14.2. The van der Waals surface area contributed by atoms with E-state index in [4.69, 9.17) is 5.73 Å². The van der Waals surface area contributed by atoms with Crippen molar-refractivity contribution in [1.29, 1.82) is 0 Å². The second-order valence-electron chi connectivity index (χ2n) is 4.96. The SMILES string of the molecule is CCSCc1ccc(C(=O)N2CCC(N)CC2)cc1.Cl. The Bertz CT molecular complexity index is 416. The molecule has 0 saturated carbocycles. The molecule has 3 nitrogen and oxygen atoms in total. The van der Waals surface area contributed by atoms with E-state index in [1.807, 2.05) is 28.8 Å². The number of hydrogen-bond donors (Lipinski definition) is 1. The smallest absolute Gasteiger partial charge is 0.253 e. The minimum atomic E-state index is 0. The summed E-state index contributed by atoms with van der Waals surface area (Å²) in [6.45, 7) is 3.73. The number of halogens is 1. The highest BCUT2D eigenvalue weighted by molar-refractivity contribution is 7.98. The maximum absolute atomic E-state index is 12.3. The van der Waals surface area contributed by atoms with Gasteiger partial charge in [0, 0.05) is 30.4 Å². The van der Waals surface area contributed by atoms with Crippen LogP contribution in [0.5, 0.6) is 0 Å². The van der Waals surface area contributed by atoms with Crippen molar-refractivity contribution < 1.29 is 4.79 Å². The van der Waals surface area contributed by atoms with E-state index in [0.717, 1.165) is 43.0 Å². The summed E-state index contributed by atoms with van der Waals surface area (Å²) in [6, 6.07) is 8.28. The molecule has 5 heteroatoms. The Kier molecular flexibility index (Phi) is 7.41. The van der Waals surface area contributed by atoms with Gasteiger partial charge in [0.1, 0.15) is 0 Å². The quantitative estimate of drug-likeness (QED) is 0.929. The van der Waals surface area contributed by atoms with Gasteiger partial charge in [-0.1, -0.05) is 19.1 Å². The third kappa shape index (κ3) is 4.69. The summed E-state index contributed by atoms with van der Waals surface area (Å²) in [5, 5.41) is 0. The summed E-state index contributed by atoms with van der Waals surface area (Å²) in [6.07, 6.45) is 1.83. The number of carbonyl (C=O) groups is 1. The van der Waals surface area contributed by atoms with Crippen molar-refractivity contribution in [1.82, 2.24) is 4.90 Å². The van der Waals surface area contributed by atoms with Gasteiger partial charge >= 0.3 is 0 Å². The molecule has 2 rings (SSSR count). The second kappa shape index (κ2) is 8.55. The lowest BCUT2D eigenvalue weighted by Gasteiger charge is -2.30. The number of rotatable bonds is 4. The number of hydrogen-bond acceptors (Lipinski definition) is 3. The zero-order valence-corrected chi connectivity index (χ0v) is 13.5. The minimum absolute atomic E-state index is 0. The molecule has 0 aromatic heterocycles. The molecule has 112 valence electrons. The van der Waals surface area contributed by atoms with Crippen LogP contribution in [0.1, 0.15) is 35.7 Å². The normalized spacial score (nSPS) is 15.8. The molecule has 1 aliphatic heterocycles. The van der Waals surface area contributed by atoms with Crippen LogP contribution in [-0.4, -0.2) is 35.7 Å². The number of piperidine rings is 1. The van der Waals surface area contributed by atoms with Crippen LogP contribution in [0.4, 0.5) is 0 Å². The highest BCUT2D eigenvalue weighted by atomic mass is 35.5. The van der Waals surface area contributed by atoms with Crippen LogP contribution in [-0.2, 0) is 5.75 Å². The van der Waals surface area contributed by atoms with Crippen molar-refractivity contribution in [2.75, 3.05) is 18.8 Å². The average molecular weight is 315 g/mol. The summed E-state index contributed by atoms with van der Waals surface area (Å²) >= 11 is 1.89. The summed E-state index contributed by atoms with van der Waals surface area (Å²) < 4.78 is 0. The molecule has 1 aromatic rings. The Labute approximate surface area is 131 Å². The molecule has 1 amide bonds. The second-order valence-corrected chi connectivity index (χ2v) is 6.24. The van der Waals surface area contributed by atoms with Crippen LogP contribution in [0.3, 0.4) is 0 Å². The van der Waals surface area contributed by atoms with Gasteiger partial charge in [-0.2, -0.15) is 11.8 Å². The van der Waals surface area contributed by atoms with Crippen molar-refractivity contribution in [2.45, 2.75) is 31.6 Å². The van der Waals surface area contributed by atoms with E-state index in [1.165, 1.54) is 5.56 Å². The van der Waals surface area contributed by atoms with Crippen LogP contribution in [0.15, 0.2) is 24.3 Å². The fraction of sp³-hybridized carbons (Fsp3) is 0.533. The zero-order chi connectivity index (χ0) is 13.7. The van der Waals surface area contributed by atoms with Crippen LogP contribution >= 0.6 is 24.2 Å². The Hall–Kier alpha value is -0.710. The fourth-order valence-corrected chi connectivity index (χ4v) is 2.88. The minimum Gasteiger partial charge on any atom is -0.339 e. The largest absolute Gasteiger partial charge is 0.339 e. The summed E-state index contributed by atoms with van der Waals surface area (Å²) in [7, 11) is 0. The topological polar surface area (TPSA) is 46.3 Å². The maximum atomic E-state index is 12.3. The molecule has 20 heavy (non-hydrogen) atoms. The van der Waals surface area contributed by atoms with Gasteiger partial charge in [-0.3, -0.25) is 4.79 Å². The molecule has 0 unspecified atom stereocenters. The van der Waals surface area contributed by atoms with E-state index in [0.29, 0.717) is 0 Å². The van der Waals surface area contributed by atoms with Crippen LogP contribution in [0.25, 0.3) is 0 Å². The molecule has 0 radical (unpaired) electrons. The van der Waals surface area contributed by atoms with E-state index in [-0.39, 0.29) is 24.4 Å². The van der Waals surface area contributed by atoms with Gasteiger partial charge in [-0.25, -0.2) is 0 Å². The number of nitrogens with zero attached hydrogens (tertiary/aromatic N) is 1. The van der Waals surface area contributed by atoms with Crippen molar-refractivity contribution in [3.8, 4) is 0 Å². The number of likely N-dealkylation sites (tertiary alicyclic amines) is 1. The first-order valence-corrected chi connectivity index (χ1v) is 8.07. The average Bonchev–Trinajstić information content (AvgIpc) is 2.46. The van der Waals surface area contributed by atoms with Crippen molar-refractivity contribution in [3.63, 3.8) is 0 Å². The van der Waals surface area contributed by atoms with Gasteiger partial charge in [-0.15, -0.1) is 12.4 Å². The standard InChI is InChI=1S/C15H22N2OS.ClH/c1-2-19-11-12-3-5-13(6-4-12)15(18)17-9-7-14(16)8-10-17;/h3-6,14H,2,7-11,16H2,1H3;1H. The molecule has 0 bridgehead atoms. The van der Waals surface area contributed by atoms with Gasteiger partial charge in [0.25, 0.3) is 5.91 Å². The summed E-state index contributed by atoms with van der Waals surface area (Å²) in [5.74, 6) is 2.28. The molecular formula is C15H23ClN2OS. The highest BCUT2D eigenvalue weighted by Crippen LogP contribution is 2.16. The molecule has 0 spiro atoms. The van der Waals surface area contributed by atoms with Gasteiger partial charge in [0.05, 0.1) is 0 Å². The van der Waals surface area contributed by atoms with E-state index in [1.54, 1.807) is 0 Å². The molecule has 0 atom stereocenters. The number of thioether (sulfide) groups is 1. The van der Waals surface area contributed by atoms with Crippen molar-refractivity contribution in [3.05, 3.63) is 35.4 Å². The number of benzene rings is 1. The first kappa shape index (κ1) is 17.3. The maximum Gasteiger partial charge on any atom is 0.253 e. The lowest BCUT2D eigenvalue weighted by Crippen LogP contribution is -2.42. The van der Waals surface area contributed by atoms with E-state index >= 15 is 0 Å². The van der Waals surface area contributed by atoms with Gasteiger partial charge in [0.2, 0.25) is 0 Å². The number of amides is 1. The lowest BCUT2D eigenvalue weighted by molar-refractivity contribution is 0.0715. The summed E-state index contributed by atoms with van der Waals surface area (Å²) in [5.41, 5.74) is 7.94. The Balaban J connectivity index is 0.00000200. The zero-order valence-electron chi connectivity index (χ0n) is 11.9. The molecule has 1 saturated heterocycles. The molecule has 1 fully saturated rings. The highest BCUT2D eigenvalue weighted by Gasteiger charge is 2.21. The molecule has 0 aliphatic carbocycles.